The van der Waals surface area contributed by atoms with Gasteiger partial charge in [-0.15, -0.1) is 8.78 Å². The van der Waals surface area contributed by atoms with Crippen LogP contribution in [0.1, 0.15) is 83.3 Å². The molecule has 3 aromatic carbocycles. The Morgan fingerprint density at radius 1 is 0.953 bits per heavy atom. The third-order valence-corrected chi connectivity index (χ3v) is 9.09. The average Bonchev–Trinajstić information content (AvgIpc) is 3.71. The lowest BCUT2D eigenvalue weighted by Gasteiger charge is -2.36. The zero-order chi connectivity index (χ0) is 30.0. The van der Waals surface area contributed by atoms with Gasteiger partial charge in [-0.1, -0.05) is 30.3 Å². The van der Waals surface area contributed by atoms with Gasteiger partial charge in [0.15, 0.2) is 11.5 Å². The molecule has 2 fully saturated rings. The number of carbonyl (C=O) groups excluding carboxylic acids is 2. The molecular weight excluding hydrogens is 558 g/mol. The molecule has 3 aromatic rings. The molecule has 3 N–H and O–H groups in total. The van der Waals surface area contributed by atoms with Gasteiger partial charge < -0.3 is 30.0 Å². The van der Waals surface area contributed by atoms with Crippen LogP contribution in [0.2, 0.25) is 0 Å². The molecule has 2 amide bonds. The predicted molar refractivity (Wildman–Crippen MR) is 151 cm³/mol. The lowest BCUT2D eigenvalue weighted by atomic mass is 9.80. The van der Waals surface area contributed by atoms with Crippen molar-refractivity contribution < 1.29 is 37.7 Å². The van der Waals surface area contributed by atoms with E-state index in [2.05, 4.69) is 20.1 Å². The summed E-state index contributed by atoms with van der Waals surface area (Å²) < 4.78 is 42.8. The third-order valence-electron chi connectivity index (χ3n) is 9.09. The molecule has 4 aliphatic rings. The van der Waals surface area contributed by atoms with Gasteiger partial charge in [0.2, 0.25) is 5.91 Å². The Kier molecular flexibility index (Phi) is 6.39. The topological polar surface area (TPSA) is 106 Å². The molecule has 2 aliphatic heterocycles. The summed E-state index contributed by atoms with van der Waals surface area (Å²) in [4.78, 5) is 26.7. The van der Waals surface area contributed by atoms with Gasteiger partial charge in [0.25, 0.3) is 5.91 Å². The number of carbonyl (C=O) groups is 2. The van der Waals surface area contributed by atoms with Crippen LogP contribution in [-0.2, 0) is 10.2 Å². The van der Waals surface area contributed by atoms with Crippen molar-refractivity contribution in [1.29, 1.82) is 0 Å². The van der Waals surface area contributed by atoms with E-state index < -0.39 is 23.4 Å². The molecular formula is C33H32F2N2O6. The molecule has 0 saturated heterocycles. The van der Waals surface area contributed by atoms with E-state index in [4.69, 9.17) is 4.74 Å². The van der Waals surface area contributed by atoms with E-state index in [-0.39, 0.29) is 35.9 Å². The zero-order valence-corrected chi connectivity index (χ0v) is 23.6. The zero-order valence-electron chi connectivity index (χ0n) is 23.6. The number of halogens is 2. The van der Waals surface area contributed by atoms with E-state index in [1.807, 2.05) is 31.2 Å². The van der Waals surface area contributed by atoms with Crippen LogP contribution in [0, 0.1) is 6.92 Å². The number of alkyl halides is 2. The lowest BCUT2D eigenvalue weighted by molar-refractivity contribution is -0.286. The van der Waals surface area contributed by atoms with Gasteiger partial charge in [0.05, 0.1) is 17.1 Å². The fourth-order valence-electron chi connectivity index (χ4n) is 6.22. The van der Waals surface area contributed by atoms with Crippen LogP contribution in [0.25, 0.3) is 0 Å². The summed E-state index contributed by atoms with van der Waals surface area (Å²) >= 11 is 0. The van der Waals surface area contributed by atoms with Crippen LogP contribution in [0.4, 0.5) is 8.78 Å². The van der Waals surface area contributed by atoms with Crippen molar-refractivity contribution in [2.45, 2.75) is 74.9 Å². The first kappa shape index (κ1) is 27.6. The summed E-state index contributed by atoms with van der Waals surface area (Å²) in [6.45, 7) is 2.18. The smallest absolute Gasteiger partial charge is 0.485 e. The van der Waals surface area contributed by atoms with Gasteiger partial charge >= 0.3 is 6.29 Å². The highest BCUT2D eigenvalue weighted by Crippen LogP contribution is 2.53. The SMILES string of the molecule is Cc1ccc2c(c1)O[C@@H](c1cccc(C(=O)NCC3(O)CCC3)c1)C[C@H]2NC(=O)C1(c2ccc3c(c2)OC(F)(F)O3)CC1. The Morgan fingerprint density at radius 2 is 1.74 bits per heavy atom. The van der Waals surface area contributed by atoms with Crippen molar-refractivity contribution in [1.82, 2.24) is 10.6 Å². The van der Waals surface area contributed by atoms with Crippen molar-refractivity contribution in [3.8, 4) is 17.2 Å². The molecule has 7 rings (SSSR count). The number of rotatable bonds is 7. The molecule has 2 aliphatic carbocycles. The Labute approximate surface area is 247 Å². The monoisotopic (exact) mass is 590 g/mol. The lowest BCUT2D eigenvalue weighted by Crippen LogP contribution is -2.47. The number of amides is 2. The van der Waals surface area contributed by atoms with E-state index in [0.29, 0.717) is 49.0 Å². The molecule has 0 bridgehead atoms. The highest BCUT2D eigenvalue weighted by molar-refractivity contribution is 5.94. The van der Waals surface area contributed by atoms with E-state index in [1.54, 1.807) is 24.3 Å². The van der Waals surface area contributed by atoms with Crippen molar-refractivity contribution in [2.24, 2.45) is 0 Å². The van der Waals surface area contributed by atoms with E-state index >= 15 is 0 Å². The molecule has 0 aromatic heterocycles. The van der Waals surface area contributed by atoms with Gasteiger partial charge in [-0.2, -0.15) is 0 Å². The van der Waals surface area contributed by atoms with Gasteiger partial charge in [-0.25, -0.2) is 0 Å². The molecule has 224 valence electrons. The second-order valence-corrected chi connectivity index (χ2v) is 12.2. The van der Waals surface area contributed by atoms with Crippen LogP contribution in [0.5, 0.6) is 17.2 Å². The first-order chi connectivity index (χ1) is 20.5. The maximum Gasteiger partial charge on any atom is 0.586 e. The van der Waals surface area contributed by atoms with E-state index in [1.165, 1.54) is 12.1 Å². The van der Waals surface area contributed by atoms with Crippen LogP contribution in [0.15, 0.2) is 60.7 Å². The average molecular weight is 591 g/mol. The van der Waals surface area contributed by atoms with Crippen molar-refractivity contribution >= 4 is 11.8 Å². The first-order valence-corrected chi connectivity index (χ1v) is 14.6. The number of nitrogens with one attached hydrogen (secondary N) is 2. The Morgan fingerprint density at radius 3 is 2.49 bits per heavy atom. The molecule has 0 spiro atoms. The van der Waals surface area contributed by atoms with Crippen molar-refractivity contribution in [3.05, 3.63) is 88.5 Å². The molecule has 0 radical (unpaired) electrons. The number of fused-ring (bicyclic) bond motifs is 2. The van der Waals surface area contributed by atoms with Gasteiger partial charge in [0, 0.05) is 24.1 Å². The molecule has 8 nitrogen and oxygen atoms in total. The number of aliphatic hydroxyl groups is 1. The quantitative estimate of drug-likeness (QED) is 0.342. The van der Waals surface area contributed by atoms with E-state index in [0.717, 1.165) is 23.1 Å². The predicted octanol–water partition coefficient (Wildman–Crippen LogP) is 5.37. The number of benzene rings is 3. The number of aryl methyl sites for hydroxylation is 1. The number of ether oxygens (including phenoxy) is 3. The summed E-state index contributed by atoms with van der Waals surface area (Å²) in [6, 6.07) is 17.2. The third kappa shape index (κ3) is 5.18. The van der Waals surface area contributed by atoms with Crippen molar-refractivity contribution in [2.75, 3.05) is 6.54 Å². The van der Waals surface area contributed by atoms with E-state index in [9.17, 15) is 23.5 Å². The van der Waals surface area contributed by atoms with Gasteiger partial charge in [-0.3, -0.25) is 9.59 Å². The summed E-state index contributed by atoms with van der Waals surface area (Å²) in [5.74, 6) is 0.0444. The molecule has 43 heavy (non-hydrogen) atoms. The maximum atomic E-state index is 13.8. The minimum absolute atomic E-state index is 0.0589. The Hall–Kier alpha value is -4.18. The minimum Gasteiger partial charge on any atom is -0.485 e. The number of hydrogen-bond acceptors (Lipinski definition) is 6. The van der Waals surface area contributed by atoms with Crippen molar-refractivity contribution in [3.63, 3.8) is 0 Å². The molecule has 0 unspecified atom stereocenters. The maximum absolute atomic E-state index is 13.8. The standard InChI is InChI=1S/C33H32F2N2O6/c1-19-6-8-23-24(37-30(39)32(12-13-32)22-7-9-25-28(16-22)43-33(34,35)42-25)17-26(41-27(23)14-19)20-4-2-5-21(15-20)29(38)36-18-31(40)10-3-11-31/h2,4-9,14-16,24,26,40H,3,10-13,17-18H2,1H3,(H,36,38)(H,37,39)/t24-,26-/m1/s1. The van der Waals surface area contributed by atoms with Crippen LogP contribution >= 0.6 is 0 Å². The molecule has 2 saturated carbocycles. The first-order valence-electron chi connectivity index (χ1n) is 14.6. The molecule has 10 heteroatoms. The molecule has 2 atom stereocenters. The largest absolute Gasteiger partial charge is 0.586 e. The van der Waals surface area contributed by atoms with Crippen LogP contribution in [-0.4, -0.2) is 35.4 Å². The van der Waals surface area contributed by atoms with Gasteiger partial charge in [-0.05, 0) is 86.1 Å². The second kappa shape index (κ2) is 9.94. The number of hydrogen-bond donors (Lipinski definition) is 3. The Bertz CT molecular complexity index is 1620. The second-order valence-electron chi connectivity index (χ2n) is 12.2. The summed E-state index contributed by atoms with van der Waals surface area (Å²) in [5.41, 5.74) is 2.03. The summed E-state index contributed by atoms with van der Waals surface area (Å²) in [6.07, 6.45) is -0.266. The highest BCUT2D eigenvalue weighted by atomic mass is 19.3. The van der Waals surface area contributed by atoms with Crippen LogP contribution in [0.3, 0.4) is 0 Å². The van der Waals surface area contributed by atoms with Crippen LogP contribution < -0.4 is 24.8 Å². The Balaban J connectivity index is 1.11. The molecule has 2 heterocycles. The minimum atomic E-state index is -3.73. The summed E-state index contributed by atoms with van der Waals surface area (Å²) in [5, 5.41) is 16.4. The van der Waals surface area contributed by atoms with Gasteiger partial charge in [0.1, 0.15) is 11.9 Å². The normalized spacial score (nSPS) is 23.3. The fourth-order valence-corrected chi connectivity index (χ4v) is 6.22. The fraction of sp³-hybridized carbons (Fsp3) is 0.394. The highest BCUT2D eigenvalue weighted by Gasteiger charge is 2.53. The summed E-state index contributed by atoms with van der Waals surface area (Å²) in [7, 11) is 0.